The molecule has 164 valence electrons. The molecule has 0 spiro atoms. The highest BCUT2D eigenvalue weighted by atomic mass is 35.5. The Morgan fingerprint density at radius 2 is 1.84 bits per heavy atom. The fourth-order valence-electron chi connectivity index (χ4n) is 2.65. The van der Waals surface area contributed by atoms with Crippen LogP contribution in [0.2, 0.25) is 10.0 Å². The molecule has 0 radical (unpaired) electrons. The lowest BCUT2D eigenvalue weighted by atomic mass is 10.1. The van der Waals surface area contributed by atoms with E-state index >= 15 is 0 Å². The monoisotopic (exact) mass is 492 g/mol. The van der Waals surface area contributed by atoms with Gasteiger partial charge in [0.25, 0.3) is 10.0 Å². The van der Waals surface area contributed by atoms with Gasteiger partial charge in [-0.25, -0.2) is 13.4 Å². The average molecular weight is 493 g/mol. The van der Waals surface area contributed by atoms with E-state index in [1.54, 1.807) is 0 Å². The Bertz CT molecular complexity index is 1240. The topological polar surface area (TPSA) is 118 Å². The summed E-state index contributed by atoms with van der Waals surface area (Å²) in [6.45, 7) is 0. The lowest BCUT2D eigenvalue weighted by Gasteiger charge is -2.18. The van der Waals surface area contributed by atoms with Gasteiger partial charge in [-0.2, -0.15) is 13.2 Å². The predicted molar refractivity (Wildman–Crippen MR) is 109 cm³/mol. The molecule has 0 fully saturated rings. The Morgan fingerprint density at radius 1 is 1.13 bits per heavy atom. The molecular formula is C18H13Cl2F3N4O3S. The molecule has 2 heterocycles. The van der Waals surface area contributed by atoms with Gasteiger partial charge >= 0.3 is 6.18 Å². The minimum Gasteiger partial charge on any atom is -0.383 e. The number of nitrogen functional groups attached to an aromatic ring is 1. The summed E-state index contributed by atoms with van der Waals surface area (Å²) in [5.41, 5.74) is 4.13. The van der Waals surface area contributed by atoms with Crippen molar-refractivity contribution in [1.82, 2.24) is 9.97 Å². The molecule has 7 nitrogen and oxygen atoms in total. The van der Waals surface area contributed by atoms with Crippen LogP contribution in [0.5, 0.6) is 0 Å². The van der Waals surface area contributed by atoms with E-state index < -0.39 is 37.8 Å². The number of pyridine rings is 2. The number of halogens is 5. The smallest absolute Gasteiger partial charge is 0.383 e. The average Bonchev–Trinajstić information content (AvgIpc) is 2.67. The number of anilines is 2. The van der Waals surface area contributed by atoms with E-state index in [1.165, 1.54) is 18.3 Å². The Labute approximate surface area is 184 Å². The molecule has 0 bridgehead atoms. The molecule has 13 heteroatoms. The Morgan fingerprint density at radius 3 is 2.48 bits per heavy atom. The van der Waals surface area contributed by atoms with E-state index in [0.717, 1.165) is 24.4 Å². The van der Waals surface area contributed by atoms with Gasteiger partial charge in [-0.05, 0) is 30.3 Å². The van der Waals surface area contributed by atoms with Crippen molar-refractivity contribution < 1.29 is 26.7 Å². The minimum absolute atomic E-state index is 0.0138. The number of aliphatic hydroxyl groups is 1. The third kappa shape index (κ3) is 5.01. The molecule has 3 rings (SSSR count). The van der Waals surface area contributed by atoms with Gasteiger partial charge in [-0.1, -0.05) is 29.3 Å². The third-order valence-corrected chi connectivity index (χ3v) is 6.01. The van der Waals surface area contributed by atoms with Gasteiger partial charge in [-0.15, -0.1) is 0 Å². The highest BCUT2D eigenvalue weighted by Gasteiger charge is 2.35. The van der Waals surface area contributed by atoms with Crippen LogP contribution in [-0.2, 0) is 16.2 Å². The number of hydrogen-bond acceptors (Lipinski definition) is 6. The van der Waals surface area contributed by atoms with Crippen LogP contribution >= 0.6 is 23.2 Å². The number of hydrogen-bond donors (Lipinski definition) is 3. The van der Waals surface area contributed by atoms with Gasteiger partial charge in [0.05, 0.1) is 31.9 Å². The number of rotatable bonds is 5. The third-order valence-electron chi connectivity index (χ3n) is 4.11. The van der Waals surface area contributed by atoms with E-state index in [9.17, 15) is 26.7 Å². The quantitative estimate of drug-likeness (QED) is 0.489. The lowest BCUT2D eigenvalue weighted by Crippen LogP contribution is -2.18. The largest absolute Gasteiger partial charge is 0.417 e. The Balaban J connectivity index is 2.05. The summed E-state index contributed by atoms with van der Waals surface area (Å²) in [4.78, 5) is 7.09. The van der Waals surface area contributed by atoms with Crippen molar-refractivity contribution in [3.63, 3.8) is 0 Å². The summed E-state index contributed by atoms with van der Waals surface area (Å²) < 4.78 is 67.0. The molecule has 4 N–H and O–H groups in total. The summed E-state index contributed by atoms with van der Waals surface area (Å²) in [6, 6.07) is 6.24. The van der Waals surface area contributed by atoms with Gasteiger partial charge < -0.3 is 10.8 Å². The second kappa shape index (κ2) is 8.50. The predicted octanol–water partition coefficient (Wildman–Crippen LogP) is 4.27. The van der Waals surface area contributed by atoms with E-state index in [1.807, 2.05) is 0 Å². The highest BCUT2D eigenvalue weighted by molar-refractivity contribution is 7.92. The van der Waals surface area contributed by atoms with Crippen LogP contribution in [0.3, 0.4) is 0 Å². The molecule has 0 saturated carbocycles. The zero-order valence-electron chi connectivity index (χ0n) is 15.2. The van der Waals surface area contributed by atoms with Gasteiger partial charge in [0.1, 0.15) is 11.9 Å². The number of aromatic nitrogens is 2. The molecule has 3 aromatic rings. The molecule has 1 unspecified atom stereocenters. The first kappa shape index (κ1) is 23.1. The second-order valence-corrected chi connectivity index (χ2v) is 8.74. The first-order valence-electron chi connectivity index (χ1n) is 8.33. The second-order valence-electron chi connectivity index (χ2n) is 6.21. The van der Waals surface area contributed by atoms with Crippen LogP contribution in [0.15, 0.2) is 53.7 Å². The Hall–Kier alpha value is -2.60. The standard InChI is InChI=1S/C18H13Cl2F3N4O3S/c19-9-6-14(15(26-8-9)16(28)11-2-1-5-25-17(11)24)27-31(29,30)10-3-4-13(20)12(7-10)18(21,22)23/h1-8,16,27-28H,(H2,24,25). The molecule has 0 aliphatic heterocycles. The van der Waals surface area contributed by atoms with Crippen molar-refractivity contribution in [2.45, 2.75) is 17.2 Å². The molecule has 1 atom stereocenters. The first-order valence-corrected chi connectivity index (χ1v) is 10.6. The lowest BCUT2D eigenvalue weighted by molar-refractivity contribution is -0.137. The number of aliphatic hydroxyl groups excluding tert-OH is 1. The van der Waals surface area contributed by atoms with Crippen molar-refractivity contribution in [2.24, 2.45) is 0 Å². The van der Waals surface area contributed by atoms with Crippen LogP contribution < -0.4 is 10.5 Å². The fourth-order valence-corrected chi connectivity index (χ4v) is 4.12. The van der Waals surface area contributed by atoms with Gasteiger partial charge in [0.2, 0.25) is 0 Å². The van der Waals surface area contributed by atoms with Gasteiger partial charge in [0.15, 0.2) is 0 Å². The number of nitrogens with one attached hydrogen (secondary N) is 1. The number of benzene rings is 1. The van der Waals surface area contributed by atoms with E-state index in [2.05, 4.69) is 14.7 Å². The SMILES string of the molecule is Nc1ncccc1C(O)c1ncc(Cl)cc1NS(=O)(=O)c1ccc(Cl)c(C(F)(F)F)c1. The maximum absolute atomic E-state index is 13.1. The zero-order valence-corrected chi connectivity index (χ0v) is 17.6. The Kier molecular flexibility index (Phi) is 6.33. The van der Waals surface area contributed by atoms with Crippen LogP contribution in [0.1, 0.15) is 22.9 Å². The van der Waals surface area contributed by atoms with Crippen LogP contribution in [0, 0.1) is 0 Å². The summed E-state index contributed by atoms with van der Waals surface area (Å²) in [7, 11) is -4.54. The molecule has 2 aromatic heterocycles. The van der Waals surface area contributed by atoms with Gasteiger partial charge in [-0.3, -0.25) is 9.71 Å². The van der Waals surface area contributed by atoms with Crippen LogP contribution in [0.4, 0.5) is 24.7 Å². The van der Waals surface area contributed by atoms with Crippen LogP contribution in [-0.4, -0.2) is 23.5 Å². The normalized spacial score (nSPS) is 13.1. The maximum Gasteiger partial charge on any atom is 0.417 e. The van der Waals surface area contributed by atoms with E-state index in [0.29, 0.717) is 6.07 Å². The first-order chi connectivity index (χ1) is 14.4. The number of nitrogens with two attached hydrogens (primary N) is 1. The van der Waals surface area contributed by atoms with E-state index in [-0.39, 0.29) is 27.8 Å². The number of nitrogens with zero attached hydrogens (tertiary/aromatic N) is 2. The molecule has 0 amide bonds. The summed E-state index contributed by atoms with van der Waals surface area (Å²) in [5.74, 6) is -0.0203. The van der Waals surface area contributed by atoms with Crippen molar-refractivity contribution in [3.8, 4) is 0 Å². The molecule has 0 aliphatic rings. The fraction of sp³-hybridized carbons (Fsp3) is 0.111. The number of sulfonamides is 1. The number of alkyl halides is 3. The zero-order chi connectivity index (χ0) is 23.0. The molecule has 0 aliphatic carbocycles. The molecule has 0 saturated heterocycles. The molecule has 31 heavy (non-hydrogen) atoms. The van der Waals surface area contributed by atoms with Crippen molar-refractivity contribution in [2.75, 3.05) is 10.5 Å². The van der Waals surface area contributed by atoms with Crippen molar-refractivity contribution >= 4 is 44.7 Å². The van der Waals surface area contributed by atoms with E-state index in [4.69, 9.17) is 28.9 Å². The summed E-state index contributed by atoms with van der Waals surface area (Å²) in [5, 5.41) is 10.0. The summed E-state index contributed by atoms with van der Waals surface area (Å²) in [6.07, 6.45) is -3.81. The van der Waals surface area contributed by atoms with Gasteiger partial charge in [0, 0.05) is 18.0 Å². The summed E-state index contributed by atoms with van der Waals surface area (Å²) >= 11 is 11.4. The molecule has 1 aromatic carbocycles. The molecular weight excluding hydrogens is 480 g/mol. The van der Waals surface area contributed by atoms with Crippen LogP contribution in [0.25, 0.3) is 0 Å². The minimum atomic E-state index is -4.86. The van der Waals surface area contributed by atoms with Crippen molar-refractivity contribution in [1.29, 1.82) is 0 Å². The maximum atomic E-state index is 13.1. The van der Waals surface area contributed by atoms with Crippen molar-refractivity contribution in [3.05, 3.63) is 75.7 Å². The highest BCUT2D eigenvalue weighted by Crippen LogP contribution is 2.37.